The largest absolute Gasteiger partial charge is 0.497 e. The molecule has 2 N–H and O–H groups in total. The van der Waals surface area contributed by atoms with Gasteiger partial charge >= 0.3 is 6.03 Å². The van der Waals surface area contributed by atoms with E-state index in [9.17, 15) is 9.59 Å². The number of rotatable bonds is 4. The number of carbonyl (C=O) groups excluding carboxylic acids is 2. The van der Waals surface area contributed by atoms with E-state index in [2.05, 4.69) is 10.6 Å². The number of methoxy groups -OCH3 is 1. The summed E-state index contributed by atoms with van der Waals surface area (Å²) in [7, 11) is 1.59. The molecule has 0 fully saturated rings. The predicted molar refractivity (Wildman–Crippen MR) is 84.7 cm³/mol. The molecule has 1 aromatic rings. The minimum absolute atomic E-state index is 0.329. The summed E-state index contributed by atoms with van der Waals surface area (Å²) in [5, 5.41) is 4.64. The average molecular weight is 310 g/mol. The van der Waals surface area contributed by atoms with Crippen LogP contribution in [0, 0.1) is 0 Å². The van der Waals surface area contributed by atoms with Gasteiger partial charge < -0.3 is 10.1 Å². The maximum Gasteiger partial charge on any atom is 0.321 e. The highest BCUT2D eigenvalue weighted by atomic mass is 32.2. The number of thioether (sulfide) groups is 1. The second kappa shape index (κ2) is 7.36. The Morgan fingerprint density at radius 1 is 1.29 bits per heavy atom. The van der Waals surface area contributed by atoms with E-state index >= 15 is 0 Å². The van der Waals surface area contributed by atoms with Gasteiger partial charge in [0.15, 0.2) is 0 Å². The van der Waals surface area contributed by atoms with Gasteiger partial charge in [-0.25, -0.2) is 4.79 Å². The maximum atomic E-state index is 12.0. The quantitative estimate of drug-likeness (QED) is 0.839. The molecule has 0 heterocycles. The van der Waals surface area contributed by atoms with Gasteiger partial charge in [-0.1, -0.05) is 6.07 Å². The molecule has 0 aromatic heterocycles. The van der Waals surface area contributed by atoms with Crippen molar-refractivity contribution in [2.45, 2.75) is 43.4 Å². The molecule has 1 unspecified atom stereocenters. The van der Waals surface area contributed by atoms with Crippen LogP contribution in [0.4, 0.5) is 4.79 Å². The van der Waals surface area contributed by atoms with Crippen molar-refractivity contribution in [1.82, 2.24) is 10.6 Å². The third kappa shape index (κ3) is 6.53. The summed E-state index contributed by atoms with van der Waals surface area (Å²) in [6.07, 6.45) is 0. The van der Waals surface area contributed by atoms with Crippen molar-refractivity contribution >= 4 is 23.7 Å². The molecule has 0 aliphatic heterocycles. The summed E-state index contributed by atoms with van der Waals surface area (Å²) in [6.45, 7) is 7.31. The number of hydrogen-bond acceptors (Lipinski definition) is 4. The predicted octanol–water partition coefficient (Wildman–Crippen LogP) is 2.80. The van der Waals surface area contributed by atoms with Crippen molar-refractivity contribution in [2.75, 3.05) is 7.11 Å². The summed E-state index contributed by atoms with van der Waals surface area (Å²) in [5.41, 5.74) is -0.381. The number of benzene rings is 1. The van der Waals surface area contributed by atoms with Crippen LogP contribution in [-0.2, 0) is 4.79 Å². The van der Waals surface area contributed by atoms with Crippen LogP contribution in [0.5, 0.6) is 5.75 Å². The maximum absolute atomic E-state index is 12.0. The highest BCUT2D eigenvalue weighted by Gasteiger charge is 2.20. The molecule has 116 valence electrons. The summed E-state index contributed by atoms with van der Waals surface area (Å²) < 4.78 is 5.14. The molecule has 21 heavy (non-hydrogen) atoms. The van der Waals surface area contributed by atoms with Gasteiger partial charge in [-0.3, -0.25) is 10.1 Å². The Morgan fingerprint density at radius 2 is 1.95 bits per heavy atom. The fourth-order valence-electron chi connectivity index (χ4n) is 1.52. The first-order chi connectivity index (χ1) is 9.71. The van der Waals surface area contributed by atoms with Crippen LogP contribution in [0.3, 0.4) is 0 Å². The molecule has 0 spiro atoms. The van der Waals surface area contributed by atoms with Crippen molar-refractivity contribution < 1.29 is 14.3 Å². The fourth-order valence-corrected chi connectivity index (χ4v) is 2.43. The zero-order valence-corrected chi connectivity index (χ0v) is 13.8. The van der Waals surface area contributed by atoms with Gasteiger partial charge in [0.2, 0.25) is 5.91 Å². The average Bonchev–Trinajstić information content (AvgIpc) is 2.36. The van der Waals surface area contributed by atoms with Crippen molar-refractivity contribution in [1.29, 1.82) is 0 Å². The highest BCUT2D eigenvalue weighted by molar-refractivity contribution is 8.00. The first-order valence-corrected chi connectivity index (χ1v) is 7.53. The third-order valence-electron chi connectivity index (χ3n) is 2.45. The molecule has 0 radical (unpaired) electrons. The summed E-state index contributed by atoms with van der Waals surface area (Å²) in [4.78, 5) is 24.5. The van der Waals surface area contributed by atoms with Crippen LogP contribution in [0.15, 0.2) is 29.2 Å². The van der Waals surface area contributed by atoms with E-state index in [0.717, 1.165) is 10.6 Å². The van der Waals surface area contributed by atoms with Crippen LogP contribution in [0.25, 0.3) is 0 Å². The Bertz CT molecular complexity index is 512. The van der Waals surface area contributed by atoms with Gasteiger partial charge in [-0.15, -0.1) is 11.8 Å². The van der Waals surface area contributed by atoms with E-state index in [1.165, 1.54) is 11.8 Å². The summed E-state index contributed by atoms with van der Waals surface area (Å²) in [5.74, 6) is 0.405. The Kier molecular flexibility index (Phi) is 6.08. The Hall–Kier alpha value is -1.69. The number of carbonyl (C=O) groups is 2. The smallest absolute Gasteiger partial charge is 0.321 e. The Labute approximate surface area is 129 Å². The van der Waals surface area contributed by atoms with Gasteiger partial charge in [0.1, 0.15) is 5.75 Å². The molecule has 5 nitrogen and oxygen atoms in total. The number of nitrogens with one attached hydrogen (secondary N) is 2. The molecule has 1 aromatic carbocycles. The van der Waals surface area contributed by atoms with Gasteiger partial charge in [-0.2, -0.15) is 0 Å². The Morgan fingerprint density at radius 3 is 2.52 bits per heavy atom. The number of urea groups is 1. The molecule has 3 amide bonds. The van der Waals surface area contributed by atoms with E-state index in [1.54, 1.807) is 14.0 Å². The SMILES string of the molecule is COc1cccc(SC(C)C(=O)NC(=O)NC(C)(C)C)c1. The zero-order valence-electron chi connectivity index (χ0n) is 13.0. The van der Waals surface area contributed by atoms with Crippen LogP contribution in [-0.4, -0.2) is 29.8 Å². The molecule has 1 rings (SSSR count). The topological polar surface area (TPSA) is 67.4 Å². The van der Waals surface area contributed by atoms with Crippen molar-refractivity contribution in [3.63, 3.8) is 0 Å². The lowest BCUT2D eigenvalue weighted by Gasteiger charge is -2.21. The highest BCUT2D eigenvalue weighted by Crippen LogP contribution is 2.26. The minimum atomic E-state index is -0.481. The second-order valence-corrected chi connectivity index (χ2v) is 7.05. The second-order valence-electron chi connectivity index (χ2n) is 5.63. The van der Waals surface area contributed by atoms with Crippen molar-refractivity contribution in [3.05, 3.63) is 24.3 Å². The zero-order chi connectivity index (χ0) is 16.0. The number of hydrogen-bond donors (Lipinski definition) is 2. The van der Waals surface area contributed by atoms with E-state index < -0.39 is 6.03 Å². The van der Waals surface area contributed by atoms with Crippen LogP contribution in [0.2, 0.25) is 0 Å². The molecular formula is C15H22N2O3S. The van der Waals surface area contributed by atoms with E-state index in [0.29, 0.717) is 0 Å². The summed E-state index contributed by atoms with van der Waals surface area (Å²) in [6, 6.07) is 6.96. The first-order valence-electron chi connectivity index (χ1n) is 6.65. The molecule has 6 heteroatoms. The van der Waals surface area contributed by atoms with Crippen molar-refractivity contribution in [2.24, 2.45) is 0 Å². The van der Waals surface area contributed by atoms with Crippen LogP contribution >= 0.6 is 11.8 Å². The molecule has 0 bridgehead atoms. The Balaban J connectivity index is 2.56. The number of amides is 3. The van der Waals surface area contributed by atoms with Crippen molar-refractivity contribution in [3.8, 4) is 5.75 Å². The monoisotopic (exact) mass is 310 g/mol. The van der Waals surface area contributed by atoms with Gasteiger partial charge in [0.05, 0.1) is 12.4 Å². The molecule has 0 saturated carbocycles. The lowest BCUT2D eigenvalue weighted by molar-refractivity contribution is -0.119. The molecule has 0 aliphatic carbocycles. The van der Waals surface area contributed by atoms with Gasteiger partial charge in [0, 0.05) is 10.4 Å². The number of imide groups is 1. The van der Waals surface area contributed by atoms with Crippen LogP contribution < -0.4 is 15.4 Å². The van der Waals surface area contributed by atoms with E-state index in [-0.39, 0.29) is 16.7 Å². The summed E-state index contributed by atoms with van der Waals surface area (Å²) >= 11 is 1.37. The lowest BCUT2D eigenvalue weighted by atomic mass is 10.1. The van der Waals surface area contributed by atoms with E-state index in [1.807, 2.05) is 45.0 Å². The standard InChI is InChI=1S/C15H22N2O3S/c1-10(13(18)16-14(19)17-15(2,3)4)21-12-8-6-7-11(9-12)20-5/h6-10H,1-5H3,(H2,16,17,18,19). The van der Waals surface area contributed by atoms with E-state index in [4.69, 9.17) is 4.74 Å². The minimum Gasteiger partial charge on any atom is -0.497 e. The molecule has 0 saturated heterocycles. The van der Waals surface area contributed by atoms with Gasteiger partial charge in [0.25, 0.3) is 0 Å². The normalized spacial score (nSPS) is 12.4. The number of ether oxygens (including phenoxy) is 1. The molecule has 1 atom stereocenters. The third-order valence-corrected chi connectivity index (χ3v) is 3.54. The van der Waals surface area contributed by atoms with Gasteiger partial charge in [-0.05, 0) is 45.9 Å². The lowest BCUT2D eigenvalue weighted by Crippen LogP contribution is -2.49. The molecule has 0 aliphatic rings. The molecular weight excluding hydrogens is 288 g/mol. The van der Waals surface area contributed by atoms with Crippen LogP contribution in [0.1, 0.15) is 27.7 Å². The first kappa shape index (κ1) is 17.4. The fraction of sp³-hybridized carbons (Fsp3) is 0.467.